The van der Waals surface area contributed by atoms with Crippen LogP contribution in [0.1, 0.15) is 29.7 Å². The van der Waals surface area contributed by atoms with Gasteiger partial charge in [0.15, 0.2) is 0 Å². The number of benzene rings is 2. The first kappa shape index (κ1) is 14.5. The van der Waals surface area contributed by atoms with Gasteiger partial charge in [0.05, 0.1) is 7.11 Å². The van der Waals surface area contributed by atoms with Crippen LogP contribution >= 0.6 is 23.2 Å². The normalized spacial score (nSPS) is 20.6. The molecular weight excluding hydrogens is 309 g/mol. The molecule has 1 aliphatic rings. The Morgan fingerprint density at radius 1 is 1.14 bits per heavy atom. The van der Waals surface area contributed by atoms with E-state index in [1.807, 2.05) is 24.3 Å². The molecule has 5 heteroatoms. The smallest absolute Gasteiger partial charge is 0.128 e. The molecule has 0 saturated heterocycles. The van der Waals surface area contributed by atoms with Crippen LogP contribution in [0.15, 0.2) is 36.4 Å². The third-order valence-electron chi connectivity index (χ3n) is 3.66. The van der Waals surface area contributed by atoms with Crippen LogP contribution in [0, 0.1) is 0 Å². The molecule has 1 aliphatic heterocycles. The molecule has 0 amide bonds. The first-order valence-corrected chi connectivity index (χ1v) is 7.39. The molecule has 2 aromatic rings. The number of nitrogens with two attached hydrogens (primary N) is 1. The van der Waals surface area contributed by atoms with Crippen molar-refractivity contribution in [3.63, 3.8) is 0 Å². The fraction of sp³-hybridized carbons (Fsp3) is 0.250. The van der Waals surface area contributed by atoms with E-state index in [4.69, 9.17) is 38.4 Å². The highest BCUT2D eigenvalue weighted by Crippen LogP contribution is 2.43. The van der Waals surface area contributed by atoms with Crippen molar-refractivity contribution < 1.29 is 9.47 Å². The Kier molecular flexibility index (Phi) is 3.98. The van der Waals surface area contributed by atoms with E-state index in [1.165, 1.54) is 0 Å². The number of rotatable bonds is 2. The Morgan fingerprint density at radius 3 is 2.71 bits per heavy atom. The summed E-state index contributed by atoms with van der Waals surface area (Å²) in [5, 5.41) is 1.26. The van der Waals surface area contributed by atoms with Gasteiger partial charge in [-0.3, -0.25) is 0 Å². The maximum atomic E-state index is 6.26. The van der Waals surface area contributed by atoms with Crippen molar-refractivity contribution in [3.05, 3.63) is 57.6 Å². The third kappa shape index (κ3) is 2.82. The van der Waals surface area contributed by atoms with Crippen LogP contribution in [0.5, 0.6) is 11.5 Å². The largest absolute Gasteiger partial charge is 0.497 e. The molecule has 0 saturated carbocycles. The second-order valence-electron chi connectivity index (χ2n) is 5.02. The molecule has 0 aromatic heterocycles. The molecule has 2 aromatic carbocycles. The van der Waals surface area contributed by atoms with Crippen LogP contribution in [0.4, 0.5) is 0 Å². The highest BCUT2D eigenvalue weighted by molar-refractivity contribution is 6.33. The quantitative estimate of drug-likeness (QED) is 0.883. The molecule has 0 fully saturated rings. The Bertz CT molecular complexity index is 675. The maximum absolute atomic E-state index is 6.26. The maximum Gasteiger partial charge on any atom is 0.128 e. The average molecular weight is 324 g/mol. The fourth-order valence-electron chi connectivity index (χ4n) is 2.56. The van der Waals surface area contributed by atoms with Crippen LogP contribution in [-0.4, -0.2) is 7.11 Å². The zero-order chi connectivity index (χ0) is 15.0. The van der Waals surface area contributed by atoms with Gasteiger partial charge in [-0.15, -0.1) is 0 Å². The van der Waals surface area contributed by atoms with Gasteiger partial charge in [0.1, 0.15) is 17.6 Å². The van der Waals surface area contributed by atoms with Crippen molar-refractivity contribution in [1.82, 2.24) is 0 Å². The number of ether oxygens (including phenoxy) is 2. The van der Waals surface area contributed by atoms with E-state index >= 15 is 0 Å². The van der Waals surface area contributed by atoms with Crippen molar-refractivity contribution in [3.8, 4) is 11.5 Å². The van der Waals surface area contributed by atoms with Gasteiger partial charge in [-0.25, -0.2) is 0 Å². The van der Waals surface area contributed by atoms with Gasteiger partial charge < -0.3 is 15.2 Å². The minimum atomic E-state index is -0.217. The summed E-state index contributed by atoms with van der Waals surface area (Å²) in [5.41, 5.74) is 8.09. The minimum absolute atomic E-state index is 0.111. The summed E-state index contributed by atoms with van der Waals surface area (Å²) < 4.78 is 11.3. The number of methoxy groups -OCH3 is 1. The summed E-state index contributed by atoms with van der Waals surface area (Å²) in [4.78, 5) is 0. The Labute approximate surface area is 133 Å². The Hall–Kier alpha value is -1.42. The van der Waals surface area contributed by atoms with Crippen molar-refractivity contribution in [2.24, 2.45) is 5.73 Å². The SMILES string of the molecule is COc1ccc2c(c1)OC(c1cc(Cl)ccc1Cl)CC2N. The van der Waals surface area contributed by atoms with E-state index in [0.717, 1.165) is 22.6 Å². The minimum Gasteiger partial charge on any atom is -0.497 e. The van der Waals surface area contributed by atoms with Gasteiger partial charge in [0, 0.05) is 39.7 Å². The summed E-state index contributed by atoms with van der Waals surface area (Å²) in [5.74, 6) is 1.47. The molecule has 3 rings (SSSR count). The molecule has 21 heavy (non-hydrogen) atoms. The lowest BCUT2D eigenvalue weighted by Crippen LogP contribution is -2.24. The second-order valence-corrected chi connectivity index (χ2v) is 5.86. The van der Waals surface area contributed by atoms with Crippen LogP contribution in [0.2, 0.25) is 10.0 Å². The van der Waals surface area contributed by atoms with Gasteiger partial charge in [-0.1, -0.05) is 29.3 Å². The Morgan fingerprint density at radius 2 is 1.95 bits per heavy atom. The van der Waals surface area contributed by atoms with E-state index in [-0.39, 0.29) is 12.1 Å². The lowest BCUT2D eigenvalue weighted by molar-refractivity contribution is 0.161. The predicted octanol–water partition coefficient (Wildman–Crippen LogP) is 4.53. The molecule has 0 spiro atoms. The highest BCUT2D eigenvalue weighted by Gasteiger charge is 2.28. The summed E-state index contributed by atoms with van der Waals surface area (Å²) in [6.45, 7) is 0. The van der Waals surface area contributed by atoms with Gasteiger partial charge in [0.25, 0.3) is 0 Å². The van der Waals surface area contributed by atoms with Gasteiger partial charge in [0.2, 0.25) is 0 Å². The summed E-state index contributed by atoms with van der Waals surface area (Å²) in [6.07, 6.45) is 0.435. The third-order valence-corrected chi connectivity index (χ3v) is 4.24. The molecular formula is C16H15Cl2NO2. The monoisotopic (exact) mass is 323 g/mol. The van der Waals surface area contributed by atoms with E-state index in [9.17, 15) is 0 Å². The molecule has 1 heterocycles. The van der Waals surface area contributed by atoms with Crippen molar-refractivity contribution >= 4 is 23.2 Å². The standard InChI is InChI=1S/C16H15Cl2NO2/c1-20-10-3-4-11-14(19)8-16(21-15(11)7-10)12-6-9(17)2-5-13(12)18/h2-7,14,16H,8,19H2,1H3. The molecule has 0 aliphatic carbocycles. The lowest BCUT2D eigenvalue weighted by atomic mass is 9.93. The number of hydrogen-bond acceptors (Lipinski definition) is 3. The van der Waals surface area contributed by atoms with Crippen LogP contribution in [0.3, 0.4) is 0 Å². The fourth-order valence-corrected chi connectivity index (χ4v) is 2.98. The van der Waals surface area contributed by atoms with E-state index in [1.54, 1.807) is 19.2 Å². The molecule has 3 nitrogen and oxygen atoms in total. The molecule has 0 bridgehead atoms. The van der Waals surface area contributed by atoms with Gasteiger partial charge in [-0.05, 0) is 24.3 Å². The second kappa shape index (κ2) is 5.76. The van der Waals surface area contributed by atoms with E-state index in [2.05, 4.69) is 0 Å². The lowest BCUT2D eigenvalue weighted by Gasteiger charge is -2.31. The zero-order valence-electron chi connectivity index (χ0n) is 11.5. The van der Waals surface area contributed by atoms with E-state index < -0.39 is 0 Å². The zero-order valence-corrected chi connectivity index (χ0v) is 13.0. The average Bonchev–Trinajstić information content (AvgIpc) is 2.49. The molecule has 2 unspecified atom stereocenters. The van der Waals surface area contributed by atoms with Crippen LogP contribution in [0.25, 0.3) is 0 Å². The van der Waals surface area contributed by atoms with Crippen molar-refractivity contribution in [1.29, 1.82) is 0 Å². The van der Waals surface area contributed by atoms with Crippen molar-refractivity contribution in [2.45, 2.75) is 18.6 Å². The van der Waals surface area contributed by atoms with Gasteiger partial charge in [-0.2, -0.15) is 0 Å². The molecule has 110 valence electrons. The number of halogens is 2. The van der Waals surface area contributed by atoms with Crippen LogP contribution < -0.4 is 15.2 Å². The first-order chi connectivity index (χ1) is 10.1. The molecule has 0 radical (unpaired) electrons. The number of fused-ring (bicyclic) bond motifs is 1. The molecule has 2 atom stereocenters. The summed E-state index contributed by atoms with van der Waals surface area (Å²) in [7, 11) is 1.62. The number of hydrogen-bond donors (Lipinski definition) is 1. The first-order valence-electron chi connectivity index (χ1n) is 6.63. The van der Waals surface area contributed by atoms with Gasteiger partial charge >= 0.3 is 0 Å². The highest BCUT2D eigenvalue weighted by atomic mass is 35.5. The predicted molar refractivity (Wildman–Crippen MR) is 84.4 cm³/mol. The Balaban J connectivity index is 1.98. The van der Waals surface area contributed by atoms with E-state index in [0.29, 0.717) is 16.5 Å². The summed E-state index contributed by atoms with van der Waals surface area (Å²) >= 11 is 12.3. The topological polar surface area (TPSA) is 44.5 Å². The molecule has 2 N–H and O–H groups in total. The van der Waals surface area contributed by atoms with Crippen molar-refractivity contribution in [2.75, 3.05) is 7.11 Å². The van der Waals surface area contributed by atoms with Crippen LogP contribution in [-0.2, 0) is 0 Å². The summed E-state index contributed by atoms with van der Waals surface area (Å²) in [6, 6.07) is 10.9.